The van der Waals surface area contributed by atoms with Crippen molar-refractivity contribution in [1.29, 1.82) is 0 Å². The molecular formula is C55H90O6. The second-order valence-corrected chi connectivity index (χ2v) is 16.0. The molecule has 0 saturated heterocycles. The van der Waals surface area contributed by atoms with Gasteiger partial charge >= 0.3 is 17.9 Å². The van der Waals surface area contributed by atoms with E-state index in [4.69, 9.17) is 14.2 Å². The van der Waals surface area contributed by atoms with Gasteiger partial charge in [0.2, 0.25) is 0 Å². The Kier molecular flexibility index (Phi) is 46.0. The number of ether oxygens (including phenoxy) is 3. The summed E-state index contributed by atoms with van der Waals surface area (Å²) in [6, 6.07) is 0. The Bertz CT molecular complexity index is 1250. The van der Waals surface area contributed by atoms with E-state index in [1.54, 1.807) is 0 Å². The molecular weight excluding hydrogens is 757 g/mol. The normalized spacial score (nSPS) is 12.9. The summed E-state index contributed by atoms with van der Waals surface area (Å²) < 4.78 is 16.7. The van der Waals surface area contributed by atoms with Crippen LogP contribution in [0.1, 0.15) is 213 Å². The molecule has 6 nitrogen and oxygen atoms in total. The number of hydrogen-bond acceptors (Lipinski definition) is 6. The highest BCUT2D eigenvalue weighted by atomic mass is 16.6. The van der Waals surface area contributed by atoms with Crippen LogP contribution in [0.25, 0.3) is 0 Å². The van der Waals surface area contributed by atoms with Crippen molar-refractivity contribution < 1.29 is 28.6 Å². The summed E-state index contributed by atoms with van der Waals surface area (Å²) in [4.78, 5) is 37.8. The maximum absolute atomic E-state index is 12.8. The second kappa shape index (κ2) is 49.0. The van der Waals surface area contributed by atoms with Crippen molar-refractivity contribution >= 4 is 17.9 Å². The van der Waals surface area contributed by atoms with Gasteiger partial charge in [-0.3, -0.25) is 14.4 Å². The van der Waals surface area contributed by atoms with Gasteiger partial charge in [0.25, 0.3) is 0 Å². The van der Waals surface area contributed by atoms with Gasteiger partial charge in [0.15, 0.2) is 6.10 Å². The zero-order valence-corrected chi connectivity index (χ0v) is 39.4. The van der Waals surface area contributed by atoms with Gasteiger partial charge in [0, 0.05) is 19.3 Å². The van der Waals surface area contributed by atoms with E-state index < -0.39 is 6.10 Å². The Hall–Kier alpha value is -3.67. The maximum Gasteiger partial charge on any atom is 0.306 e. The number of carbonyl (C=O) groups excluding carboxylic acids is 3. The molecule has 0 aliphatic rings. The van der Waals surface area contributed by atoms with Gasteiger partial charge in [0.05, 0.1) is 0 Å². The Labute approximate surface area is 375 Å². The minimum absolute atomic E-state index is 0.122. The first-order valence-corrected chi connectivity index (χ1v) is 24.7. The molecule has 0 aromatic heterocycles. The number of hydrogen-bond donors (Lipinski definition) is 0. The summed E-state index contributed by atoms with van der Waals surface area (Å²) >= 11 is 0. The number of carbonyl (C=O) groups is 3. The first-order chi connectivity index (χ1) is 30.0. The predicted octanol–water partition coefficient (Wildman–Crippen LogP) is 16.2. The molecule has 0 saturated carbocycles. The monoisotopic (exact) mass is 847 g/mol. The van der Waals surface area contributed by atoms with Crippen LogP contribution < -0.4 is 0 Å². The van der Waals surface area contributed by atoms with Crippen molar-refractivity contribution in [2.24, 2.45) is 0 Å². The van der Waals surface area contributed by atoms with Crippen molar-refractivity contribution in [2.45, 2.75) is 219 Å². The average Bonchev–Trinajstić information content (AvgIpc) is 3.26. The summed E-state index contributed by atoms with van der Waals surface area (Å²) in [5.74, 6) is -1.04. The van der Waals surface area contributed by atoms with E-state index in [0.717, 1.165) is 89.9 Å². The van der Waals surface area contributed by atoms with Gasteiger partial charge in [-0.25, -0.2) is 0 Å². The Morgan fingerprint density at radius 3 is 1.15 bits per heavy atom. The van der Waals surface area contributed by atoms with Crippen LogP contribution in [-0.2, 0) is 28.6 Å². The van der Waals surface area contributed by atoms with E-state index in [-0.39, 0.29) is 44.0 Å². The van der Waals surface area contributed by atoms with Crippen molar-refractivity contribution in [3.8, 4) is 0 Å². The second-order valence-electron chi connectivity index (χ2n) is 16.0. The third-order valence-electron chi connectivity index (χ3n) is 10.0. The highest BCUT2D eigenvalue weighted by Gasteiger charge is 2.19. The van der Waals surface area contributed by atoms with Crippen LogP contribution in [0.2, 0.25) is 0 Å². The van der Waals surface area contributed by atoms with E-state index in [2.05, 4.69) is 118 Å². The van der Waals surface area contributed by atoms with Crippen molar-refractivity contribution in [3.05, 3.63) is 97.2 Å². The molecule has 0 aromatic carbocycles. The van der Waals surface area contributed by atoms with Crippen LogP contribution >= 0.6 is 0 Å². The van der Waals surface area contributed by atoms with E-state index in [0.29, 0.717) is 19.3 Å². The molecule has 61 heavy (non-hydrogen) atoms. The molecule has 0 bridgehead atoms. The summed E-state index contributed by atoms with van der Waals surface area (Å²) in [5, 5.41) is 0. The predicted molar refractivity (Wildman–Crippen MR) is 260 cm³/mol. The summed E-state index contributed by atoms with van der Waals surface area (Å²) in [6.45, 7) is 6.37. The third-order valence-corrected chi connectivity index (χ3v) is 10.0. The first-order valence-electron chi connectivity index (χ1n) is 24.7. The van der Waals surface area contributed by atoms with Crippen molar-refractivity contribution in [1.82, 2.24) is 0 Å². The Morgan fingerprint density at radius 1 is 0.344 bits per heavy atom. The minimum Gasteiger partial charge on any atom is -0.462 e. The van der Waals surface area contributed by atoms with Crippen LogP contribution in [0.15, 0.2) is 97.2 Å². The molecule has 1 atom stereocenters. The quantitative estimate of drug-likeness (QED) is 0.0263. The maximum atomic E-state index is 12.8. The van der Waals surface area contributed by atoms with E-state index in [1.165, 1.54) is 70.6 Å². The fraction of sp³-hybridized carbons (Fsp3) is 0.655. The summed E-state index contributed by atoms with van der Waals surface area (Å²) in [6.07, 6.45) is 64.0. The summed E-state index contributed by atoms with van der Waals surface area (Å²) in [5.41, 5.74) is 0. The van der Waals surface area contributed by atoms with Crippen LogP contribution in [0.4, 0.5) is 0 Å². The molecule has 0 heterocycles. The zero-order valence-electron chi connectivity index (χ0n) is 39.4. The SMILES string of the molecule is CC/C=C\C/C=C\C/C=C\CCCCC(=O)OCC(COC(=O)CCC/C=C\C/C=C\C/C=C\C/C=C\CCCCC)OC(=O)CCCCC/C=C\CCCCCCCCC. The molecule has 0 N–H and O–H groups in total. The van der Waals surface area contributed by atoms with Crippen molar-refractivity contribution in [3.63, 3.8) is 0 Å². The third kappa shape index (κ3) is 47.2. The molecule has 0 spiro atoms. The molecule has 0 aliphatic heterocycles. The van der Waals surface area contributed by atoms with Gasteiger partial charge in [-0.05, 0) is 116 Å². The topological polar surface area (TPSA) is 78.9 Å². The minimum atomic E-state index is -0.822. The lowest BCUT2D eigenvalue weighted by Crippen LogP contribution is -2.30. The summed E-state index contributed by atoms with van der Waals surface area (Å²) in [7, 11) is 0. The molecule has 1 unspecified atom stereocenters. The zero-order chi connectivity index (χ0) is 44.4. The number of esters is 3. The molecule has 346 valence electrons. The van der Waals surface area contributed by atoms with Crippen molar-refractivity contribution in [2.75, 3.05) is 13.2 Å². The van der Waals surface area contributed by atoms with Gasteiger partial charge in [0.1, 0.15) is 13.2 Å². The Balaban J connectivity index is 4.55. The van der Waals surface area contributed by atoms with Crippen LogP contribution in [-0.4, -0.2) is 37.2 Å². The lowest BCUT2D eigenvalue weighted by Gasteiger charge is -2.18. The molecule has 0 aliphatic carbocycles. The molecule has 6 heteroatoms. The van der Waals surface area contributed by atoms with E-state index >= 15 is 0 Å². The number of unbranched alkanes of at least 4 members (excludes halogenated alkanes) is 16. The fourth-order valence-electron chi connectivity index (χ4n) is 6.32. The molecule has 0 radical (unpaired) electrons. The van der Waals surface area contributed by atoms with Gasteiger partial charge in [-0.1, -0.05) is 176 Å². The van der Waals surface area contributed by atoms with Crippen LogP contribution in [0.5, 0.6) is 0 Å². The molecule has 0 amide bonds. The molecule has 0 fully saturated rings. The first kappa shape index (κ1) is 57.3. The standard InChI is InChI=1S/C55H90O6/c1-4-7-10-13-16-19-22-25-27-28-29-31-33-36-39-42-45-48-54(57)60-51-52(50-59-53(56)47-44-41-38-35-32-24-21-18-15-12-9-6-3)61-55(58)49-46-43-40-37-34-30-26-23-20-17-14-11-8-5-2/h9,12,16,18-19,21,25,27,29-32,34-36,39,52H,4-8,10-11,13-15,17,20,22-24,26,28,33,37-38,40-51H2,1-3H3/b12-9-,19-16-,21-18-,27-25-,31-29-,34-30-,35-32-,39-36-. The highest BCUT2D eigenvalue weighted by Crippen LogP contribution is 2.12. The number of rotatable bonds is 43. The van der Waals surface area contributed by atoms with E-state index in [1.807, 2.05) is 0 Å². The lowest BCUT2D eigenvalue weighted by atomic mass is 10.1. The molecule has 0 aromatic rings. The van der Waals surface area contributed by atoms with Gasteiger partial charge in [-0.15, -0.1) is 0 Å². The smallest absolute Gasteiger partial charge is 0.306 e. The lowest BCUT2D eigenvalue weighted by molar-refractivity contribution is -0.167. The largest absolute Gasteiger partial charge is 0.462 e. The van der Waals surface area contributed by atoms with Crippen LogP contribution in [0.3, 0.4) is 0 Å². The number of allylic oxidation sites excluding steroid dienone is 16. The molecule has 0 rings (SSSR count). The van der Waals surface area contributed by atoms with Gasteiger partial charge in [-0.2, -0.15) is 0 Å². The fourth-order valence-corrected chi connectivity index (χ4v) is 6.32. The van der Waals surface area contributed by atoms with Crippen LogP contribution in [0, 0.1) is 0 Å². The van der Waals surface area contributed by atoms with Gasteiger partial charge < -0.3 is 14.2 Å². The van der Waals surface area contributed by atoms with E-state index in [9.17, 15) is 14.4 Å². The highest BCUT2D eigenvalue weighted by molar-refractivity contribution is 5.71. The Morgan fingerprint density at radius 2 is 0.656 bits per heavy atom. The average molecular weight is 847 g/mol.